The molecule has 11 heavy (non-hydrogen) atoms. The molecule has 0 N–H and O–H groups in total. The maximum absolute atomic E-state index is 2.35. The average molecular weight is 153 g/mol. The van der Waals surface area contributed by atoms with E-state index < -0.39 is 0 Å². The molecule has 0 aliphatic heterocycles. The Labute approximate surface area is 71.7 Å². The molecule has 0 saturated heterocycles. The summed E-state index contributed by atoms with van der Waals surface area (Å²) < 4.78 is 0. The van der Waals surface area contributed by atoms with Gasteiger partial charge >= 0.3 is 0 Å². The van der Waals surface area contributed by atoms with Crippen LogP contribution < -0.4 is 0 Å². The van der Waals surface area contributed by atoms with E-state index in [2.05, 4.69) is 32.4 Å². The smallest absolute Gasteiger partial charge is 0.0351 e. The van der Waals surface area contributed by atoms with Crippen LogP contribution >= 0.6 is 0 Å². The van der Waals surface area contributed by atoms with Crippen LogP contribution in [0.1, 0.15) is 52.4 Å². The summed E-state index contributed by atoms with van der Waals surface area (Å²) in [7, 11) is 0. The van der Waals surface area contributed by atoms with Gasteiger partial charge in [0.1, 0.15) is 0 Å². The highest BCUT2D eigenvalue weighted by Crippen LogP contribution is 2.02. The second kappa shape index (κ2) is 9.74. The number of hydrogen-bond acceptors (Lipinski definition) is 0. The van der Waals surface area contributed by atoms with Crippen LogP contribution in [-0.4, -0.2) is 0 Å². The highest BCUT2D eigenvalue weighted by atomic mass is 13.9. The molecule has 0 aliphatic rings. The maximum atomic E-state index is 2.35. The van der Waals surface area contributed by atoms with Crippen molar-refractivity contribution in [2.75, 3.05) is 0 Å². The van der Waals surface area contributed by atoms with E-state index in [9.17, 15) is 0 Å². The van der Waals surface area contributed by atoms with Gasteiger partial charge in [0.25, 0.3) is 0 Å². The van der Waals surface area contributed by atoms with Crippen LogP contribution in [0.5, 0.6) is 0 Å². The van der Waals surface area contributed by atoms with E-state index in [1.54, 1.807) is 0 Å². The lowest BCUT2D eigenvalue weighted by atomic mass is 10.1. The molecule has 0 aromatic heterocycles. The zero-order chi connectivity index (χ0) is 8.36. The minimum Gasteiger partial charge on any atom is -0.0885 e. The number of unbranched alkanes of at least 4 members (excludes halogenated alkanes) is 5. The second-order valence-corrected chi connectivity index (χ2v) is 2.89. The number of rotatable bonds is 7. The highest BCUT2D eigenvalue weighted by molar-refractivity contribution is 4.81. The van der Waals surface area contributed by atoms with Gasteiger partial charge in [-0.15, -0.1) is 0 Å². The van der Waals surface area contributed by atoms with E-state index in [1.807, 2.05) is 0 Å². The molecule has 0 unspecified atom stereocenters. The first-order valence-electron chi connectivity index (χ1n) is 4.88. The van der Waals surface area contributed by atoms with Gasteiger partial charge in [0.2, 0.25) is 0 Å². The van der Waals surface area contributed by atoms with E-state index in [0.717, 1.165) is 0 Å². The minimum atomic E-state index is 1.22. The van der Waals surface area contributed by atoms with Crippen molar-refractivity contribution < 1.29 is 0 Å². The molecule has 0 bridgehead atoms. The van der Waals surface area contributed by atoms with Crippen molar-refractivity contribution in [3.8, 4) is 0 Å². The largest absolute Gasteiger partial charge is 0.0885 e. The Morgan fingerprint density at radius 1 is 0.909 bits per heavy atom. The van der Waals surface area contributed by atoms with Gasteiger partial charge < -0.3 is 0 Å². The number of hydrogen-bond donors (Lipinski definition) is 0. The third-order valence-corrected chi connectivity index (χ3v) is 1.69. The first kappa shape index (κ1) is 10.7. The van der Waals surface area contributed by atoms with Gasteiger partial charge in [0, 0.05) is 0 Å². The van der Waals surface area contributed by atoms with Crippen LogP contribution in [0.15, 0.2) is 12.2 Å². The normalized spacial score (nSPS) is 11.1. The lowest BCUT2D eigenvalue weighted by Gasteiger charge is -1.93. The predicted octanol–water partition coefficient (Wildman–Crippen LogP) is 4.13. The van der Waals surface area contributed by atoms with Crippen LogP contribution in [0.2, 0.25) is 0 Å². The van der Waals surface area contributed by atoms with Crippen LogP contribution in [-0.2, 0) is 0 Å². The van der Waals surface area contributed by atoms with Crippen molar-refractivity contribution in [1.82, 2.24) is 0 Å². The average Bonchev–Trinajstić information content (AvgIpc) is 2.03. The third kappa shape index (κ3) is 9.74. The van der Waals surface area contributed by atoms with E-state index >= 15 is 0 Å². The Balaban J connectivity index is 2.89. The fourth-order valence-electron chi connectivity index (χ4n) is 0.987. The van der Waals surface area contributed by atoms with E-state index in [1.165, 1.54) is 38.5 Å². The van der Waals surface area contributed by atoms with Crippen molar-refractivity contribution in [3.63, 3.8) is 0 Å². The molecule has 0 nitrogen and oxygen atoms in total. The Kier molecular flexibility index (Phi) is 9.51. The van der Waals surface area contributed by atoms with Crippen LogP contribution in [0, 0.1) is 6.42 Å². The lowest BCUT2D eigenvalue weighted by Crippen LogP contribution is -1.74. The molecule has 0 saturated carbocycles. The van der Waals surface area contributed by atoms with Crippen molar-refractivity contribution in [3.05, 3.63) is 18.6 Å². The summed E-state index contributed by atoms with van der Waals surface area (Å²) in [5.41, 5.74) is 0. The third-order valence-electron chi connectivity index (χ3n) is 1.69. The monoisotopic (exact) mass is 153 g/mol. The fourth-order valence-corrected chi connectivity index (χ4v) is 0.987. The second-order valence-electron chi connectivity index (χ2n) is 2.89. The molecule has 0 spiro atoms. The fraction of sp³-hybridized carbons (Fsp3) is 0.727. The Hall–Kier alpha value is -0.260. The first-order chi connectivity index (χ1) is 5.41. The molecular formula is C11H21. The molecule has 0 aromatic rings. The predicted molar refractivity (Wildman–Crippen MR) is 52.5 cm³/mol. The first-order valence-corrected chi connectivity index (χ1v) is 4.88. The van der Waals surface area contributed by atoms with Crippen LogP contribution in [0.4, 0.5) is 0 Å². The molecule has 0 amide bonds. The molecule has 0 heterocycles. The molecule has 0 rings (SSSR count). The Bertz CT molecular complexity index is 82.0. The van der Waals surface area contributed by atoms with Crippen molar-refractivity contribution in [1.29, 1.82) is 0 Å². The van der Waals surface area contributed by atoms with Gasteiger partial charge in [-0.1, -0.05) is 38.8 Å². The molecule has 1 radical (unpaired) electrons. The van der Waals surface area contributed by atoms with Crippen molar-refractivity contribution >= 4 is 0 Å². The summed E-state index contributed by atoms with van der Waals surface area (Å²) in [6.45, 7) is 4.42. The van der Waals surface area contributed by atoms with Gasteiger partial charge in [0.05, 0.1) is 0 Å². The standard InChI is InChI=1S/C11H21/c1-3-5-7-9-11-10-8-6-4-2/h5,8,10H,3-4,6-7,9,11H2,1-2H3. The highest BCUT2D eigenvalue weighted by Gasteiger charge is 1.83. The zero-order valence-electron chi connectivity index (χ0n) is 7.97. The molecule has 0 heteroatoms. The molecule has 0 atom stereocenters. The zero-order valence-corrected chi connectivity index (χ0v) is 7.97. The molecular weight excluding hydrogens is 132 g/mol. The van der Waals surface area contributed by atoms with Crippen molar-refractivity contribution in [2.24, 2.45) is 0 Å². The van der Waals surface area contributed by atoms with Gasteiger partial charge in [-0.3, -0.25) is 0 Å². The minimum absolute atomic E-state index is 1.22. The van der Waals surface area contributed by atoms with Crippen molar-refractivity contribution in [2.45, 2.75) is 52.4 Å². The SMILES string of the molecule is CC[CH]CCCC=CCCC. The summed E-state index contributed by atoms with van der Waals surface area (Å²) in [6, 6.07) is 0. The lowest BCUT2D eigenvalue weighted by molar-refractivity contribution is 0.794. The van der Waals surface area contributed by atoms with Crippen LogP contribution in [0.25, 0.3) is 0 Å². The van der Waals surface area contributed by atoms with Gasteiger partial charge in [-0.2, -0.15) is 0 Å². The van der Waals surface area contributed by atoms with E-state index in [-0.39, 0.29) is 0 Å². The van der Waals surface area contributed by atoms with Gasteiger partial charge in [-0.05, 0) is 32.1 Å². The van der Waals surface area contributed by atoms with Gasteiger partial charge in [-0.25, -0.2) is 0 Å². The summed E-state index contributed by atoms with van der Waals surface area (Å²) in [4.78, 5) is 0. The Morgan fingerprint density at radius 2 is 1.64 bits per heavy atom. The summed E-state index contributed by atoms with van der Waals surface area (Å²) >= 11 is 0. The van der Waals surface area contributed by atoms with E-state index in [4.69, 9.17) is 0 Å². The summed E-state index contributed by atoms with van der Waals surface area (Å²) in [6.07, 6.45) is 14.6. The quantitative estimate of drug-likeness (QED) is 0.381. The number of allylic oxidation sites excluding steroid dienone is 2. The van der Waals surface area contributed by atoms with Gasteiger partial charge in [0.15, 0.2) is 0 Å². The Morgan fingerprint density at radius 3 is 2.27 bits per heavy atom. The maximum Gasteiger partial charge on any atom is -0.0351 e. The topological polar surface area (TPSA) is 0 Å². The summed E-state index contributed by atoms with van der Waals surface area (Å²) in [5, 5.41) is 0. The molecule has 0 aliphatic carbocycles. The summed E-state index contributed by atoms with van der Waals surface area (Å²) in [5.74, 6) is 0. The molecule has 65 valence electrons. The molecule has 0 fully saturated rings. The van der Waals surface area contributed by atoms with Crippen LogP contribution in [0.3, 0.4) is 0 Å². The molecule has 0 aromatic carbocycles. The van der Waals surface area contributed by atoms with E-state index in [0.29, 0.717) is 0 Å².